The molecular weight excluding hydrogens is 641 g/mol. The van der Waals surface area contributed by atoms with Gasteiger partial charge in [-0.1, -0.05) is 115 Å². The topological polar surface area (TPSA) is 17.8 Å². The Morgan fingerprint density at radius 1 is 0.453 bits per heavy atom. The van der Waals surface area contributed by atoms with E-state index in [1.54, 1.807) is 0 Å². The molecule has 252 valence electrons. The molecule has 10 rings (SSSR count). The minimum atomic E-state index is 0.670. The number of aromatic nitrogens is 2. The van der Waals surface area contributed by atoms with Crippen molar-refractivity contribution in [2.45, 2.75) is 25.7 Å². The summed E-state index contributed by atoms with van der Waals surface area (Å²) in [5.74, 6) is 0.670. The molecule has 2 heteroatoms. The van der Waals surface area contributed by atoms with E-state index in [0.29, 0.717) is 5.92 Å². The number of rotatable bonds is 7. The Labute approximate surface area is 310 Å². The Hall–Kier alpha value is -6.51. The van der Waals surface area contributed by atoms with Crippen molar-refractivity contribution in [2.75, 3.05) is 0 Å². The van der Waals surface area contributed by atoms with Crippen molar-refractivity contribution in [3.05, 3.63) is 193 Å². The number of aryl methyl sites for hydroxylation is 1. The second-order valence-electron chi connectivity index (χ2n) is 14.4. The standard InChI is InChI=1S/C51H38N2/c1-34-33-52-27-26-45(34)49-32-43(24-25-46(49)35-22-23-35)41-15-8-13-39(30-41)37-11-6-10-36(28-37)38-12-7-14-40(29-38)42-16-9-17-44(31-42)53-50-20-4-2-18-47(50)48-19-3-5-21-51(48)53/h2-21,24-33,35H,22-23H2,1H3. The van der Waals surface area contributed by atoms with E-state index in [1.165, 1.54) is 101 Å². The van der Waals surface area contributed by atoms with E-state index in [4.69, 9.17) is 0 Å². The summed E-state index contributed by atoms with van der Waals surface area (Å²) in [5.41, 5.74) is 18.6. The number of hydrogen-bond acceptors (Lipinski definition) is 1. The van der Waals surface area contributed by atoms with E-state index in [0.717, 1.165) is 5.69 Å². The van der Waals surface area contributed by atoms with E-state index < -0.39 is 0 Å². The van der Waals surface area contributed by atoms with E-state index >= 15 is 0 Å². The molecule has 53 heavy (non-hydrogen) atoms. The molecule has 0 aliphatic heterocycles. The predicted octanol–water partition coefficient (Wildman–Crippen LogP) is 13.7. The molecule has 0 atom stereocenters. The van der Waals surface area contributed by atoms with Crippen molar-refractivity contribution in [3.8, 4) is 61.3 Å². The Balaban J connectivity index is 0.984. The summed E-state index contributed by atoms with van der Waals surface area (Å²) in [4.78, 5) is 4.37. The Morgan fingerprint density at radius 3 is 1.47 bits per heavy atom. The predicted molar refractivity (Wildman–Crippen MR) is 222 cm³/mol. The summed E-state index contributed by atoms with van der Waals surface area (Å²) in [6, 6.07) is 62.4. The number of fused-ring (bicyclic) bond motifs is 3. The monoisotopic (exact) mass is 678 g/mol. The molecule has 9 aromatic rings. The molecule has 0 N–H and O–H groups in total. The van der Waals surface area contributed by atoms with Gasteiger partial charge in [-0.25, -0.2) is 0 Å². The SMILES string of the molecule is Cc1cnccc1-c1cc(-c2cccc(-c3cccc(-c4cccc(-c5cccc(-n6c7ccccc7c7ccccc76)c5)c4)c3)c2)ccc1C1CC1. The summed E-state index contributed by atoms with van der Waals surface area (Å²) >= 11 is 0. The summed E-state index contributed by atoms with van der Waals surface area (Å²) < 4.78 is 2.39. The third-order valence-electron chi connectivity index (χ3n) is 11.0. The van der Waals surface area contributed by atoms with E-state index in [1.807, 2.05) is 12.4 Å². The Bertz CT molecular complexity index is 2760. The van der Waals surface area contributed by atoms with Gasteiger partial charge in [0.15, 0.2) is 0 Å². The molecule has 0 saturated heterocycles. The lowest BCUT2D eigenvalue weighted by molar-refractivity contribution is 1.13. The van der Waals surface area contributed by atoms with Crippen molar-refractivity contribution in [2.24, 2.45) is 0 Å². The van der Waals surface area contributed by atoms with Gasteiger partial charge in [0.2, 0.25) is 0 Å². The lowest BCUT2D eigenvalue weighted by Crippen LogP contribution is -1.94. The number of hydrogen-bond donors (Lipinski definition) is 0. The van der Waals surface area contributed by atoms with Gasteiger partial charge in [0.1, 0.15) is 0 Å². The fourth-order valence-electron chi connectivity index (χ4n) is 8.16. The lowest BCUT2D eigenvalue weighted by Gasteiger charge is -2.15. The minimum absolute atomic E-state index is 0.670. The van der Waals surface area contributed by atoms with Crippen LogP contribution in [-0.2, 0) is 0 Å². The smallest absolute Gasteiger partial charge is 0.0541 e. The third kappa shape index (κ3) is 5.73. The van der Waals surface area contributed by atoms with Gasteiger partial charge in [-0.3, -0.25) is 4.98 Å². The summed E-state index contributed by atoms with van der Waals surface area (Å²) in [5, 5.41) is 2.55. The molecule has 0 spiro atoms. The highest BCUT2D eigenvalue weighted by Crippen LogP contribution is 2.46. The van der Waals surface area contributed by atoms with Gasteiger partial charge in [-0.05, 0) is 147 Å². The first-order chi connectivity index (χ1) is 26.2. The van der Waals surface area contributed by atoms with Crippen molar-refractivity contribution >= 4 is 21.8 Å². The first kappa shape index (κ1) is 31.2. The van der Waals surface area contributed by atoms with Crippen LogP contribution in [0.5, 0.6) is 0 Å². The molecule has 1 aliphatic carbocycles. The van der Waals surface area contributed by atoms with Gasteiger partial charge < -0.3 is 4.57 Å². The average molecular weight is 679 g/mol. The fraction of sp³-hybridized carbons (Fsp3) is 0.0784. The minimum Gasteiger partial charge on any atom is -0.309 e. The van der Waals surface area contributed by atoms with Crippen LogP contribution in [0, 0.1) is 6.92 Å². The third-order valence-corrected chi connectivity index (χ3v) is 11.0. The van der Waals surface area contributed by atoms with Crippen LogP contribution in [0.2, 0.25) is 0 Å². The van der Waals surface area contributed by atoms with E-state index in [9.17, 15) is 0 Å². The van der Waals surface area contributed by atoms with Crippen molar-refractivity contribution in [3.63, 3.8) is 0 Å². The second kappa shape index (κ2) is 12.9. The fourth-order valence-corrected chi connectivity index (χ4v) is 8.16. The highest BCUT2D eigenvalue weighted by Gasteiger charge is 2.27. The zero-order valence-corrected chi connectivity index (χ0v) is 29.7. The second-order valence-corrected chi connectivity index (χ2v) is 14.4. The molecule has 0 amide bonds. The molecule has 1 aliphatic rings. The molecule has 0 radical (unpaired) electrons. The molecule has 7 aromatic carbocycles. The molecule has 0 bridgehead atoms. The van der Waals surface area contributed by atoms with Crippen LogP contribution >= 0.6 is 0 Å². The zero-order chi connectivity index (χ0) is 35.3. The molecule has 2 nitrogen and oxygen atoms in total. The molecule has 1 fully saturated rings. The summed E-state index contributed by atoms with van der Waals surface area (Å²) in [7, 11) is 0. The highest BCUT2D eigenvalue weighted by molar-refractivity contribution is 6.09. The normalized spacial score (nSPS) is 12.8. The molecule has 1 saturated carbocycles. The van der Waals surface area contributed by atoms with Gasteiger partial charge in [-0.15, -0.1) is 0 Å². The largest absolute Gasteiger partial charge is 0.309 e. The van der Waals surface area contributed by atoms with Crippen LogP contribution in [-0.4, -0.2) is 9.55 Å². The maximum atomic E-state index is 4.37. The highest BCUT2D eigenvalue weighted by atomic mass is 15.0. The van der Waals surface area contributed by atoms with Crippen LogP contribution in [0.1, 0.15) is 29.9 Å². The van der Waals surface area contributed by atoms with Crippen LogP contribution in [0.15, 0.2) is 182 Å². The quantitative estimate of drug-likeness (QED) is 0.164. The van der Waals surface area contributed by atoms with Crippen LogP contribution in [0.3, 0.4) is 0 Å². The maximum absolute atomic E-state index is 4.37. The Kier molecular flexibility index (Phi) is 7.61. The van der Waals surface area contributed by atoms with Crippen LogP contribution in [0.25, 0.3) is 83.1 Å². The number of nitrogens with zero attached hydrogens (tertiary/aromatic N) is 2. The lowest BCUT2D eigenvalue weighted by atomic mass is 9.90. The summed E-state index contributed by atoms with van der Waals surface area (Å²) in [6.45, 7) is 2.17. The zero-order valence-electron chi connectivity index (χ0n) is 29.7. The van der Waals surface area contributed by atoms with Gasteiger partial charge >= 0.3 is 0 Å². The van der Waals surface area contributed by atoms with Crippen LogP contribution < -0.4 is 0 Å². The van der Waals surface area contributed by atoms with Crippen LogP contribution in [0.4, 0.5) is 0 Å². The number of pyridine rings is 1. The van der Waals surface area contributed by atoms with Crippen molar-refractivity contribution in [1.82, 2.24) is 9.55 Å². The molecule has 2 heterocycles. The first-order valence-electron chi connectivity index (χ1n) is 18.6. The van der Waals surface area contributed by atoms with Crippen molar-refractivity contribution in [1.29, 1.82) is 0 Å². The van der Waals surface area contributed by atoms with E-state index in [2.05, 4.69) is 186 Å². The van der Waals surface area contributed by atoms with Gasteiger partial charge in [0.05, 0.1) is 11.0 Å². The van der Waals surface area contributed by atoms with Crippen molar-refractivity contribution < 1.29 is 0 Å². The summed E-state index contributed by atoms with van der Waals surface area (Å²) in [6.07, 6.45) is 6.45. The van der Waals surface area contributed by atoms with Gasteiger partial charge in [0.25, 0.3) is 0 Å². The number of para-hydroxylation sites is 2. The van der Waals surface area contributed by atoms with E-state index in [-0.39, 0.29) is 0 Å². The molecule has 0 unspecified atom stereocenters. The first-order valence-corrected chi connectivity index (χ1v) is 18.6. The average Bonchev–Trinajstić information content (AvgIpc) is 4.02. The number of benzene rings is 7. The molecular formula is C51H38N2. The van der Waals surface area contributed by atoms with Gasteiger partial charge in [-0.2, -0.15) is 0 Å². The Morgan fingerprint density at radius 2 is 0.943 bits per heavy atom. The maximum Gasteiger partial charge on any atom is 0.0541 e. The van der Waals surface area contributed by atoms with Gasteiger partial charge in [0, 0.05) is 28.9 Å². The molecule has 2 aromatic heterocycles.